The predicted octanol–water partition coefficient (Wildman–Crippen LogP) is 3.71. The van der Waals surface area contributed by atoms with Crippen LogP contribution in [0.4, 0.5) is 0 Å². The molecule has 3 rings (SSSR count). The normalized spacial score (nSPS) is 13.4. The van der Waals surface area contributed by atoms with Crippen molar-refractivity contribution in [1.82, 2.24) is 4.72 Å². The van der Waals surface area contributed by atoms with Gasteiger partial charge in [0.25, 0.3) is 0 Å². The zero-order chi connectivity index (χ0) is 18.6. The molecule has 3 aromatic carbocycles. The van der Waals surface area contributed by atoms with E-state index < -0.39 is 22.1 Å². The average Bonchev–Trinajstić information content (AvgIpc) is 2.67. The second-order valence-corrected chi connectivity index (χ2v) is 7.97. The summed E-state index contributed by atoms with van der Waals surface area (Å²) in [6.45, 7) is 1.92. The summed E-state index contributed by atoms with van der Waals surface area (Å²) in [6.07, 6.45) is 0. The minimum atomic E-state index is -3.71. The van der Waals surface area contributed by atoms with Crippen molar-refractivity contribution in [2.45, 2.75) is 23.9 Å². The Hall–Kier alpha value is -1.85. The first-order valence-corrected chi connectivity index (χ1v) is 9.90. The number of sulfonamides is 1. The van der Waals surface area contributed by atoms with Gasteiger partial charge in [-0.1, -0.05) is 78.4 Å². The SMILES string of the molecule is Cc1ccc(S(=O)(=O)N[C@H](c2ccccc2)[C@H](N)c2ccccc2)cc1.[Ru]. The first kappa shape index (κ1) is 21.5. The minimum absolute atomic E-state index is 0. The molecule has 0 bridgehead atoms. The van der Waals surface area contributed by atoms with Gasteiger partial charge < -0.3 is 5.73 Å². The number of hydrogen-bond donors (Lipinski definition) is 2. The van der Waals surface area contributed by atoms with Crippen molar-refractivity contribution in [2.75, 3.05) is 0 Å². The van der Waals surface area contributed by atoms with Gasteiger partial charge in [0.2, 0.25) is 10.0 Å². The van der Waals surface area contributed by atoms with Crippen LogP contribution in [0.3, 0.4) is 0 Å². The molecule has 0 aromatic heterocycles. The largest absolute Gasteiger partial charge is 0.322 e. The molecule has 0 saturated heterocycles. The zero-order valence-corrected chi connectivity index (χ0v) is 17.4. The molecule has 0 amide bonds. The van der Waals surface area contributed by atoms with E-state index in [4.69, 9.17) is 5.73 Å². The summed E-state index contributed by atoms with van der Waals surface area (Å²) in [7, 11) is -3.71. The van der Waals surface area contributed by atoms with E-state index in [-0.39, 0.29) is 24.4 Å². The molecule has 0 radical (unpaired) electrons. The van der Waals surface area contributed by atoms with E-state index in [0.717, 1.165) is 16.7 Å². The average molecular weight is 468 g/mol. The topological polar surface area (TPSA) is 72.2 Å². The number of benzene rings is 3. The van der Waals surface area contributed by atoms with Gasteiger partial charge in [-0.3, -0.25) is 0 Å². The Morgan fingerprint density at radius 2 is 1.26 bits per heavy atom. The molecular formula is C21H22N2O2RuS. The van der Waals surface area contributed by atoms with Crippen LogP contribution < -0.4 is 10.5 Å². The van der Waals surface area contributed by atoms with Gasteiger partial charge in [-0.15, -0.1) is 0 Å². The summed E-state index contributed by atoms with van der Waals surface area (Å²) in [5.74, 6) is 0. The molecule has 27 heavy (non-hydrogen) atoms. The molecule has 0 aliphatic heterocycles. The summed E-state index contributed by atoms with van der Waals surface area (Å²) < 4.78 is 28.6. The number of nitrogens with two attached hydrogens (primary N) is 1. The number of aryl methyl sites for hydroxylation is 1. The van der Waals surface area contributed by atoms with Gasteiger partial charge in [-0.2, -0.15) is 0 Å². The van der Waals surface area contributed by atoms with Crippen molar-refractivity contribution >= 4 is 10.0 Å². The van der Waals surface area contributed by atoms with Gasteiger partial charge in [0, 0.05) is 19.5 Å². The molecule has 6 heteroatoms. The summed E-state index contributed by atoms with van der Waals surface area (Å²) >= 11 is 0. The summed E-state index contributed by atoms with van der Waals surface area (Å²) in [5, 5.41) is 0. The molecule has 0 saturated carbocycles. The Balaban J connectivity index is 0.00000261. The maximum absolute atomic E-state index is 12.9. The van der Waals surface area contributed by atoms with E-state index in [2.05, 4.69) is 4.72 Å². The van der Waals surface area contributed by atoms with E-state index in [1.165, 1.54) is 0 Å². The van der Waals surface area contributed by atoms with E-state index in [1.54, 1.807) is 24.3 Å². The number of hydrogen-bond acceptors (Lipinski definition) is 3. The fraction of sp³-hybridized carbons (Fsp3) is 0.143. The quantitative estimate of drug-likeness (QED) is 0.543. The Labute approximate surface area is 173 Å². The van der Waals surface area contributed by atoms with Crippen molar-refractivity contribution < 1.29 is 27.9 Å². The first-order chi connectivity index (χ1) is 12.5. The molecule has 0 fully saturated rings. The third-order valence-electron chi connectivity index (χ3n) is 4.32. The van der Waals surface area contributed by atoms with Gasteiger partial charge in [0.1, 0.15) is 0 Å². The zero-order valence-electron chi connectivity index (χ0n) is 14.9. The van der Waals surface area contributed by atoms with Crippen molar-refractivity contribution in [2.24, 2.45) is 5.73 Å². The van der Waals surface area contributed by atoms with Gasteiger partial charge in [0.15, 0.2) is 0 Å². The molecule has 3 aromatic rings. The van der Waals surface area contributed by atoms with Gasteiger partial charge in [-0.05, 0) is 30.2 Å². The molecule has 0 spiro atoms. The van der Waals surface area contributed by atoms with Gasteiger partial charge >= 0.3 is 0 Å². The van der Waals surface area contributed by atoms with Crippen molar-refractivity contribution in [3.8, 4) is 0 Å². The van der Waals surface area contributed by atoms with Crippen molar-refractivity contribution in [3.63, 3.8) is 0 Å². The van der Waals surface area contributed by atoms with Crippen LogP contribution in [0, 0.1) is 6.92 Å². The smallest absolute Gasteiger partial charge is 0.241 e. The van der Waals surface area contributed by atoms with Crippen LogP contribution in [-0.4, -0.2) is 8.42 Å². The maximum Gasteiger partial charge on any atom is 0.241 e. The van der Waals surface area contributed by atoms with Crippen LogP contribution in [-0.2, 0) is 29.5 Å². The Morgan fingerprint density at radius 1 is 0.778 bits per heavy atom. The summed E-state index contributed by atoms with van der Waals surface area (Å²) in [4.78, 5) is 0.226. The number of nitrogens with one attached hydrogen (secondary N) is 1. The molecule has 0 heterocycles. The molecule has 4 nitrogen and oxygen atoms in total. The van der Waals surface area contributed by atoms with Crippen LogP contribution >= 0.6 is 0 Å². The second kappa shape index (κ2) is 9.38. The molecule has 0 unspecified atom stereocenters. The van der Waals surface area contributed by atoms with E-state index in [1.807, 2.05) is 67.6 Å². The van der Waals surface area contributed by atoms with E-state index in [9.17, 15) is 8.42 Å². The van der Waals surface area contributed by atoms with E-state index in [0.29, 0.717) is 0 Å². The third-order valence-corrected chi connectivity index (χ3v) is 5.77. The summed E-state index contributed by atoms with van der Waals surface area (Å²) in [6, 6.07) is 24.6. The van der Waals surface area contributed by atoms with Gasteiger partial charge in [-0.25, -0.2) is 13.1 Å². The summed E-state index contributed by atoms with van der Waals surface area (Å²) in [5.41, 5.74) is 9.15. The molecule has 142 valence electrons. The van der Waals surface area contributed by atoms with Crippen LogP contribution in [0.2, 0.25) is 0 Å². The Kier molecular flexibility index (Phi) is 7.45. The van der Waals surface area contributed by atoms with Crippen LogP contribution in [0.1, 0.15) is 28.8 Å². The fourth-order valence-electron chi connectivity index (χ4n) is 2.83. The van der Waals surface area contributed by atoms with Crippen molar-refractivity contribution in [3.05, 3.63) is 102 Å². The van der Waals surface area contributed by atoms with Crippen LogP contribution in [0.5, 0.6) is 0 Å². The molecule has 0 aliphatic carbocycles. The third kappa shape index (κ3) is 5.33. The predicted molar refractivity (Wildman–Crippen MR) is 104 cm³/mol. The standard InChI is InChI=1S/C21H22N2O2S.Ru/c1-16-12-14-19(15-13-16)26(24,25)23-21(18-10-6-3-7-11-18)20(22)17-8-4-2-5-9-17;/h2-15,20-21,23H,22H2,1H3;/t20-,21-;/m1./s1. The van der Waals surface area contributed by atoms with Crippen LogP contribution in [0.25, 0.3) is 0 Å². The maximum atomic E-state index is 12.9. The molecule has 2 atom stereocenters. The number of rotatable bonds is 6. The monoisotopic (exact) mass is 468 g/mol. The van der Waals surface area contributed by atoms with E-state index >= 15 is 0 Å². The fourth-order valence-corrected chi connectivity index (χ4v) is 4.08. The molecule has 3 N–H and O–H groups in total. The van der Waals surface area contributed by atoms with Gasteiger partial charge in [0.05, 0.1) is 17.0 Å². The Morgan fingerprint density at radius 3 is 1.78 bits per heavy atom. The van der Waals surface area contributed by atoms with Crippen molar-refractivity contribution in [1.29, 1.82) is 0 Å². The van der Waals surface area contributed by atoms with Crippen LogP contribution in [0.15, 0.2) is 89.8 Å². The Bertz CT molecular complexity index is 946. The second-order valence-electron chi connectivity index (χ2n) is 6.26. The molecule has 0 aliphatic rings. The first-order valence-electron chi connectivity index (χ1n) is 8.42. The molecular weight excluding hydrogens is 445 g/mol. The minimum Gasteiger partial charge on any atom is -0.322 e.